The minimum absolute atomic E-state index is 0.340. The van der Waals surface area contributed by atoms with Gasteiger partial charge in [-0.25, -0.2) is 0 Å². The fraction of sp³-hybridized carbons (Fsp3) is 0.562. The summed E-state index contributed by atoms with van der Waals surface area (Å²) in [6, 6.07) is 9.94. The second-order valence-corrected chi connectivity index (χ2v) is 5.91. The zero-order chi connectivity index (χ0) is 14.5. The molecule has 1 N–H and O–H groups in total. The van der Waals surface area contributed by atoms with Crippen LogP contribution in [-0.2, 0) is 16.0 Å². The van der Waals surface area contributed by atoms with Crippen molar-refractivity contribution in [2.24, 2.45) is 5.92 Å². The number of aliphatic hydroxyl groups is 1. The number of carbonyl (C=O) groups is 1. The fourth-order valence-corrected chi connectivity index (χ4v) is 1.76. The van der Waals surface area contributed by atoms with E-state index in [0.717, 1.165) is 12.0 Å². The average Bonchev–Trinajstić information content (AvgIpc) is 2.34. The highest BCUT2D eigenvalue weighted by Gasteiger charge is 2.26. The van der Waals surface area contributed by atoms with E-state index in [1.54, 1.807) is 6.92 Å². The van der Waals surface area contributed by atoms with Crippen molar-refractivity contribution in [2.45, 2.75) is 52.2 Å². The second-order valence-electron chi connectivity index (χ2n) is 5.91. The van der Waals surface area contributed by atoms with Crippen molar-refractivity contribution in [2.75, 3.05) is 0 Å². The SMILES string of the molecule is CC(C(=O)OC(C)(C)C)C(O)CCc1ccccc1. The molecule has 1 rings (SSSR count). The number of aryl methyl sites for hydroxylation is 1. The Morgan fingerprint density at radius 2 is 1.84 bits per heavy atom. The molecule has 1 aromatic carbocycles. The molecule has 0 aliphatic carbocycles. The van der Waals surface area contributed by atoms with E-state index < -0.39 is 17.6 Å². The summed E-state index contributed by atoms with van der Waals surface area (Å²) < 4.78 is 5.27. The van der Waals surface area contributed by atoms with Crippen LogP contribution >= 0.6 is 0 Å². The minimum Gasteiger partial charge on any atom is -0.460 e. The third-order valence-electron chi connectivity index (χ3n) is 2.93. The van der Waals surface area contributed by atoms with Gasteiger partial charge in [0, 0.05) is 0 Å². The smallest absolute Gasteiger partial charge is 0.311 e. The molecule has 3 nitrogen and oxygen atoms in total. The molecule has 0 fully saturated rings. The topological polar surface area (TPSA) is 46.5 Å². The normalized spacial score (nSPS) is 14.8. The van der Waals surface area contributed by atoms with Gasteiger partial charge in [0.1, 0.15) is 5.60 Å². The van der Waals surface area contributed by atoms with E-state index in [1.807, 2.05) is 51.1 Å². The van der Waals surface area contributed by atoms with Gasteiger partial charge in [-0.05, 0) is 46.1 Å². The Kier molecular flexibility index (Phi) is 5.55. The molecule has 1 aromatic rings. The predicted octanol–water partition coefficient (Wildman–Crippen LogP) is 2.96. The molecule has 2 atom stereocenters. The highest BCUT2D eigenvalue weighted by Crippen LogP contribution is 2.16. The Balaban J connectivity index is 2.44. The number of ether oxygens (including phenoxy) is 1. The maximum atomic E-state index is 11.8. The molecular weight excluding hydrogens is 240 g/mol. The lowest BCUT2D eigenvalue weighted by Crippen LogP contribution is -2.33. The van der Waals surface area contributed by atoms with E-state index >= 15 is 0 Å². The van der Waals surface area contributed by atoms with Gasteiger partial charge < -0.3 is 9.84 Å². The van der Waals surface area contributed by atoms with Crippen LogP contribution in [0.25, 0.3) is 0 Å². The van der Waals surface area contributed by atoms with Crippen LogP contribution in [0.5, 0.6) is 0 Å². The van der Waals surface area contributed by atoms with Gasteiger partial charge in [0.15, 0.2) is 0 Å². The van der Waals surface area contributed by atoms with Crippen molar-refractivity contribution < 1.29 is 14.6 Å². The summed E-state index contributed by atoms with van der Waals surface area (Å²) in [7, 11) is 0. The molecule has 3 heteroatoms. The molecule has 2 unspecified atom stereocenters. The van der Waals surface area contributed by atoms with E-state index in [9.17, 15) is 9.90 Å². The fourth-order valence-electron chi connectivity index (χ4n) is 1.76. The molecular formula is C16H24O3. The largest absolute Gasteiger partial charge is 0.460 e. The third-order valence-corrected chi connectivity index (χ3v) is 2.93. The summed E-state index contributed by atoms with van der Waals surface area (Å²) in [6.07, 6.45) is 0.648. The number of rotatable bonds is 5. The van der Waals surface area contributed by atoms with Gasteiger partial charge in [-0.3, -0.25) is 4.79 Å². The van der Waals surface area contributed by atoms with E-state index in [-0.39, 0.29) is 5.97 Å². The minimum atomic E-state index is -0.671. The number of benzene rings is 1. The number of hydrogen-bond acceptors (Lipinski definition) is 3. The monoisotopic (exact) mass is 264 g/mol. The van der Waals surface area contributed by atoms with Crippen molar-refractivity contribution in [3.05, 3.63) is 35.9 Å². The first kappa shape index (κ1) is 15.7. The Bertz CT molecular complexity index is 392. The third kappa shape index (κ3) is 5.88. The standard InChI is InChI=1S/C16H24O3/c1-12(15(18)19-16(2,3)4)14(17)11-10-13-8-6-5-7-9-13/h5-9,12,14,17H,10-11H2,1-4H3. The Labute approximate surface area is 115 Å². The van der Waals surface area contributed by atoms with Gasteiger partial charge in [0.05, 0.1) is 12.0 Å². The molecule has 0 bridgehead atoms. The van der Waals surface area contributed by atoms with Gasteiger partial charge in [0.2, 0.25) is 0 Å². The van der Waals surface area contributed by atoms with Crippen LogP contribution < -0.4 is 0 Å². The second kappa shape index (κ2) is 6.71. The highest BCUT2D eigenvalue weighted by molar-refractivity contribution is 5.73. The van der Waals surface area contributed by atoms with Crippen molar-refractivity contribution >= 4 is 5.97 Å². The molecule has 0 saturated carbocycles. The summed E-state index contributed by atoms with van der Waals surface area (Å²) in [5.41, 5.74) is 0.655. The van der Waals surface area contributed by atoms with Crippen LogP contribution in [0.4, 0.5) is 0 Å². The molecule has 0 spiro atoms. The molecule has 0 heterocycles. The number of esters is 1. The van der Waals surface area contributed by atoms with Crippen LogP contribution in [0.2, 0.25) is 0 Å². The molecule has 106 valence electrons. The molecule has 0 aliphatic rings. The first-order chi connectivity index (χ1) is 8.79. The first-order valence-corrected chi connectivity index (χ1v) is 6.74. The van der Waals surface area contributed by atoms with Crippen molar-refractivity contribution in [3.63, 3.8) is 0 Å². The van der Waals surface area contributed by atoms with Crippen LogP contribution in [-0.4, -0.2) is 22.8 Å². The molecule has 0 saturated heterocycles. The summed E-state index contributed by atoms with van der Waals surface area (Å²) in [6.45, 7) is 7.19. The molecule has 0 amide bonds. The molecule has 0 radical (unpaired) electrons. The Morgan fingerprint density at radius 3 is 2.37 bits per heavy atom. The first-order valence-electron chi connectivity index (χ1n) is 6.74. The number of hydrogen-bond donors (Lipinski definition) is 1. The van der Waals surface area contributed by atoms with Gasteiger partial charge in [0.25, 0.3) is 0 Å². The van der Waals surface area contributed by atoms with Crippen molar-refractivity contribution in [1.29, 1.82) is 0 Å². The predicted molar refractivity (Wildman–Crippen MR) is 75.8 cm³/mol. The zero-order valence-electron chi connectivity index (χ0n) is 12.2. The lowest BCUT2D eigenvalue weighted by atomic mass is 9.97. The average molecular weight is 264 g/mol. The lowest BCUT2D eigenvalue weighted by molar-refractivity contribution is -0.163. The maximum absolute atomic E-state index is 11.8. The Hall–Kier alpha value is -1.35. The Morgan fingerprint density at radius 1 is 1.26 bits per heavy atom. The summed E-state index contributed by atoms with van der Waals surface area (Å²) in [5.74, 6) is -0.837. The zero-order valence-corrected chi connectivity index (χ0v) is 12.2. The van der Waals surface area contributed by atoms with E-state index in [4.69, 9.17) is 4.74 Å². The van der Waals surface area contributed by atoms with Gasteiger partial charge in [-0.1, -0.05) is 30.3 Å². The molecule has 19 heavy (non-hydrogen) atoms. The quantitative estimate of drug-likeness (QED) is 0.832. The van der Waals surface area contributed by atoms with Gasteiger partial charge >= 0.3 is 5.97 Å². The summed E-state index contributed by atoms with van der Waals surface area (Å²) >= 11 is 0. The number of aliphatic hydroxyl groups excluding tert-OH is 1. The van der Waals surface area contributed by atoms with Crippen molar-refractivity contribution in [1.82, 2.24) is 0 Å². The number of carbonyl (C=O) groups excluding carboxylic acids is 1. The maximum Gasteiger partial charge on any atom is 0.311 e. The van der Waals surface area contributed by atoms with Crippen molar-refractivity contribution in [3.8, 4) is 0 Å². The molecule has 0 aromatic heterocycles. The van der Waals surface area contributed by atoms with E-state index in [2.05, 4.69) is 0 Å². The van der Waals surface area contributed by atoms with E-state index in [1.165, 1.54) is 0 Å². The van der Waals surface area contributed by atoms with E-state index in [0.29, 0.717) is 6.42 Å². The van der Waals surface area contributed by atoms with Crippen LogP contribution in [0.3, 0.4) is 0 Å². The highest BCUT2D eigenvalue weighted by atomic mass is 16.6. The van der Waals surface area contributed by atoms with Crippen LogP contribution in [0, 0.1) is 5.92 Å². The molecule has 0 aliphatic heterocycles. The van der Waals surface area contributed by atoms with Gasteiger partial charge in [-0.2, -0.15) is 0 Å². The summed E-state index contributed by atoms with van der Waals surface area (Å²) in [4.78, 5) is 11.8. The van der Waals surface area contributed by atoms with Crippen LogP contribution in [0.15, 0.2) is 30.3 Å². The lowest BCUT2D eigenvalue weighted by Gasteiger charge is -2.24. The van der Waals surface area contributed by atoms with Gasteiger partial charge in [-0.15, -0.1) is 0 Å². The van der Waals surface area contributed by atoms with Crippen LogP contribution in [0.1, 0.15) is 39.7 Å². The summed E-state index contributed by atoms with van der Waals surface area (Å²) in [5, 5.41) is 10.0.